The Morgan fingerprint density at radius 1 is 0.880 bits per heavy atom. The van der Waals surface area contributed by atoms with Crippen LogP contribution in [-0.4, -0.2) is 18.0 Å². The van der Waals surface area contributed by atoms with E-state index in [0.717, 1.165) is 17.1 Å². The van der Waals surface area contributed by atoms with Crippen molar-refractivity contribution in [2.75, 3.05) is 7.11 Å². The molecule has 3 aromatic rings. The van der Waals surface area contributed by atoms with Crippen LogP contribution < -0.4 is 9.47 Å². The highest BCUT2D eigenvalue weighted by atomic mass is 19.4. The quantitative estimate of drug-likeness (QED) is 0.634. The van der Waals surface area contributed by atoms with Crippen molar-refractivity contribution in [2.24, 2.45) is 0 Å². The zero-order valence-corrected chi connectivity index (χ0v) is 13.7. The lowest BCUT2D eigenvalue weighted by Gasteiger charge is -2.14. The van der Waals surface area contributed by atoms with Gasteiger partial charge in [-0.3, -0.25) is 0 Å². The second-order valence-corrected chi connectivity index (χ2v) is 5.47. The number of hydrogen-bond acceptors (Lipinski definition) is 2. The minimum absolute atomic E-state index is 0.249. The van der Waals surface area contributed by atoms with E-state index in [4.69, 9.17) is 4.74 Å². The van der Waals surface area contributed by atoms with Gasteiger partial charge in [-0.1, -0.05) is 18.2 Å². The molecule has 1 heterocycles. The maximum Gasteiger partial charge on any atom is 0.573 e. The minimum Gasteiger partial charge on any atom is -0.497 e. The molecule has 130 valence electrons. The molecular weight excluding hydrogens is 331 g/mol. The van der Waals surface area contributed by atoms with Gasteiger partial charge in [-0.05, 0) is 43.3 Å². The van der Waals surface area contributed by atoms with Crippen molar-refractivity contribution in [1.82, 2.24) is 4.57 Å². The molecule has 0 fully saturated rings. The molecule has 0 radical (unpaired) electrons. The number of methoxy groups -OCH3 is 1. The van der Waals surface area contributed by atoms with Crippen molar-refractivity contribution in [1.29, 1.82) is 0 Å². The fraction of sp³-hybridized carbons (Fsp3) is 0.158. The van der Waals surface area contributed by atoms with Gasteiger partial charge in [-0.15, -0.1) is 13.2 Å². The molecule has 0 aliphatic rings. The van der Waals surface area contributed by atoms with Crippen LogP contribution in [0.4, 0.5) is 13.2 Å². The Balaban J connectivity index is 2.06. The standard InChI is InChI=1S/C19H16F3NO2/c1-13-9-10-18(23(13)15-6-4-7-16(12-15)24-2)14-5-3-8-17(11-14)25-19(20,21)22/h3-12H,1-2H3. The predicted octanol–water partition coefficient (Wildman–Crippen LogP) is 5.36. The number of alkyl halides is 3. The van der Waals surface area contributed by atoms with Gasteiger partial charge in [0.15, 0.2) is 0 Å². The third kappa shape index (κ3) is 3.79. The van der Waals surface area contributed by atoms with Gasteiger partial charge in [-0.2, -0.15) is 0 Å². The Morgan fingerprint density at radius 2 is 1.60 bits per heavy atom. The summed E-state index contributed by atoms with van der Waals surface area (Å²) in [5.74, 6) is 0.451. The fourth-order valence-electron chi connectivity index (χ4n) is 2.71. The maximum atomic E-state index is 12.5. The van der Waals surface area contributed by atoms with Crippen LogP contribution >= 0.6 is 0 Å². The maximum absolute atomic E-state index is 12.5. The second kappa shape index (κ2) is 6.55. The summed E-state index contributed by atoms with van der Waals surface area (Å²) in [6, 6.07) is 17.2. The van der Waals surface area contributed by atoms with Crippen LogP contribution in [0.2, 0.25) is 0 Å². The number of aryl methyl sites for hydroxylation is 1. The summed E-state index contributed by atoms with van der Waals surface area (Å²) in [5, 5.41) is 0. The summed E-state index contributed by atoms with van der Waals surface area (Å²) in [5.41, 5.74) is 3.19. The molecule has 6 heteroatoms. The first kappa shape index (κ1) is 17.0. The molecule has 0 bridgehead atoms. The molecular formula is C19H16F3NO2. The summed E-state index contributed by atoms with van der Waals surface area (Å²) in [6.07, 6.45) is -4.72. The van der Waals surface area contributed by atoms with E-state index in [1.54, 1.807) is 13.2 Å². The third-order valence-electron chi connectivity index (χ3n) is 3.75. The van der Waals surface area contributed by atoms with Crippen LogP contribution in [0.5, 0.6) is 11.5 Å². The van der Waals surface area contributed by atoms with Gasteiger partial charge < -0.3 is 14.0 Å². The van der Waals surface area contributed by atoms with Crippen LogP contribution in [-0.2, 0) is 0 Å². The Labute approximate surface area is 143 Å². The van der Waals surface area contributed by atoms with Crippen molar-refractivity contribution in [3.63, 3.8) is 0 Å². The van der Waals surface area contributed by atoms with Gasteiger partial charge in [0, 0.05) is 23.0 Å². The molecule has 0 saturated heterocycles. The van der Waals surface area contributed by atoms with Gasteiger partial charge >= 0.3 is 6.36 Å². The van der Waals surface area contributed by atoms with Crippen molar-refractivity contribution < 1.29 is 22.6 Å². The number of benzene rings is 2. The normalized spacial score (nSPS) is 11.4. The van der Waals surface area contributed by atoms with E-state index in [9.17, 15) is 13.2 Å². The van der Waals surface area contributed by atoms with Gasteiger partial charge in [0.05, 0.1) is 12.8 Å². The van der Waals surface area contributed by atoms with Crippen molar-refractivity contribution >= 4 is 0 Å². The highest BCUT2D eigenvalue weighted by Crippen LogP contribution is 2.31. The Kier molecular flexibility index (Phi) is 4.44. The summed E-state index contributed by atoms with van der Waals surface area (Å²) in [7, 11) is 1.58. The van der Waals surface area contributed by atoms with Crippen LogP contribution in [0.25, 0.3) is 16.9 Å². The smallest absolute Gasteiger partial charge is 0.497 e. The van der Waals surface area contributed by atoms with Crippen LogP contribution in [0.1, 0.15) is 5.69 Å². The minimum atomic E-state index is -4.72. The van der Waals surface area contributed by atoms with E-state index in [-0.39, 0.29) is 5.75 Å². The summed E-state index contributed by atoms with van der Waals surface area (Å²) < 4.78 is 48.6. The van der Waals surface area contributed by atoms with E-state index in [0.29, 0.717) is 11.3 Å². The number of aromatic nitrogens is 1. The lowest BCUT2D eigenvalue weighted by molar-refractivity contribution is -0.274. The van der Waals surface area contributed by atoms with Crippen molar-refractivity contribution in [2.45, 2.75) is 13.3 Å². The first-order chi connectivity index (χ1) is 11.9. The zero-order chi connectivity index (χ0) is 18.0. The SMILES string of the molecule is COc1cccc(-n2c(C)ccc2-c2cccc(OC(F)(F)F)c2)c1. The molecule has 25 heavy (non-hydrogen) atoms. The average molecular weight is 347 g/mol. The molecule has 0 amide bonds. The van der Waals surface area contributed by atoms with Crippen LogP contribution in [0, 0.1) is 6.92 Å². The summed E-state index contributed by atoms with van der Waals surface area (Å²) in [6.45, 7) is 1.93. The van der Waals surface area contributed by atoms with E-state index < -0.39 is 6.36 Å². The molecule has 0 aliphatic carbocycles. The van der Waals surface area contributed by atoms with E-state index >= 15 is 0 Å². The van der Waals surface area contributed by atoms with E-state index in [1.807, 2.05) is 47.9 Å². The largest absolute Gasteiger partial charge is 0.573 e. The second-order valence-electron chi connectivity index (χ2n) is 5.47. The number of nitrogens with zero attached hydrogens (tertiary/aromatic N) is 1. The molecule has 1 aromatic heterocycles. The molecule has 2 aromatic carbocycles. The summed E-state index contributed by atoms with van der Waals surface area (Å²) in [4.78, 5) is 0. The van der Waals surface area contributed by atoms with E-state index in [1.165, 1.54) is 18.2 Å². The Hall–Kier alpha value is -2.89. The topological polar surface area (TPSA) is 23.4 Å². The molecule has 0 aliphatic heterocycles. The zero-order valence-electron chi connectivity index (χ0n) is 13.7. The van der Waals surface area contributed by atoms with E-state index in [2.05, 4.69) is 4.74 Å². The predicted molar refractivity (Wildman–Crippen MR) is 89.2 cm³/mol. The highest BCUT2D eigenvalue weighted by Gasteiger charge is 2.31. The lowest BCUT2D eigenvalue weighted by atomic mass is 10.1. The molecule has 0 N–H and O–H groups in total. The van der Waals surface area contributed by atoms with Crippen LogP contribution in [0.15, 0.2) is 60.7 Å². The van der Waals surface area contributed by atoms with Gasteiger partial charge in [0.1, 0.15) is 11.5 Å². The van der Waals surface area contributed by atoms with Crippen molar-refractivity contribution in [3.05, 3.63) is 66.4 Å². The van der Waals surface area contributed by atoms with Crippen LogP contribution in [0.3, 0.4) is 0 Å². The molecule has 0 unspecified atom stereocenters. The monoisotopic (exact) mass is 347 g/mol. The summed E-state index contributed by atoms with van der Waals surface area (Å²) >= 11 is 0. The number of ether oxygens (including phenoxy) is 2. The fourth-order valence-corrected chi connectivity index (χ4v) is 2.71. The number of halogens is 3. The van der Waals surface area contributed by atoms with Gasteiger partial charge in [0.2, 0.25) is 0 Å². The first-order valence-electron chi connectivity index (χ1n) is 7.56. The number of hydrogen-bond donors (Lipinski definition) is 0. The lowest BCUT2D eigenvalue weighted by Crippen LogP contribution is -2.17. The number of rotatable bonds is 4. The molecule has 3 rings (SSSR count). The molecule has 3 nitrogen and oxygen atoms in total. The Bertz CT molecular complexity index is 884. The third-order valence-corrected chi connectivity index (χ3v) is 3.75. The average Bonchev–Trinajstić information content (AvgIpc) is 2.95. The Morgan fingerprint density at radius 3 is 2.32 bits per heavy atom. The molecule has 0 atom stereocenters. The van der Waals surface area contributed by atoms with Gasteiger partial charge in [0.25, 0.3) is 0 Å². The molecule has 0 spiro atoms. The van der Waals surface area contributed by atoms with Crippen molar-refractivity contribution in [3.8, 4) is 28.4 Å². The molecule has 0 saturated carbocycles. The first-order valence-corrected chi connectivity index (χ1v) is 7.56. The van der Waals surface area contributed by atoms with Gasteiger partial charge in [-0.25, -0.2) is 0 Å². The highest BCUT2D eigenvalue weighted by molar-refractivity contribution is 5.66.